The van der Waals surface area contributed by atoms with Gasteiger partial charge in [-0.15, -0.1) is 0 Å². The molecule has 0 saturated heterocycles. The van der Waals surface area contributed by atoms with Crippen LogP contribution in [0.3, 0.4) is 0 Å². The fourth-order valence-corrected chi connectivity index (χ4v) is 5.12. The summed E-state index contributed by atoms with van der Waals surface area (Å²) in [6.07, 6.45) is 1.58. The summed E-state index contributed by atoms with van der Waals surface area (Å²) in [7, 11) is -2.11. The number of imidazole rings is 1. The molecule has 0 radical (unpaired) electrons. The predicted octanol–water partition coefficient (Wildman–Crippen LogP) is 3.31. The number of sulfone groups is 1. The second-order valence-corrected chi connectivity index (χ2v) is 10.2. The summed E-state index contributed by atoms with van der Waals surface area (Å²) in [6.45, 7) is 9.23. The Balaban J connectivity index is 2.35. The maximum atomic E-state index is 13.2. The molecule has 0 atom stereocenters. The maximum Gasteiger partial charge on any atom is 0.228 e. The van der Waals surface area contributed by atoms with Crippen LogP contribution in [0.5, 0.6) is 0 Å². The van der Waals surface area contributed by atoms with Gasteiger partial charge >= 0.3 is 0 Å². The van der Waals surface area contributed by atoms with Crippen LogP contribution in [0.4, 0.5) is 4.39 Å². The SMILES string of the molecule is COCCN(Cc1cnc(S(=O)(=O)Cc2ccc(F)cc2)n1C(C)C)C(=S)NC(C)C. The van der Waals surface area contributed by atoms with E-state index in [1.165, 1.54) is 24.3 Å². The Morgan fingerprint density at radius 2 is 1.90 bits per heavy atom. The molecule has 1 heterocycles. The van der Waals surface area contributed by atoms with Crippen molar-refractivity contribution < 1.29 is 17.5 Å². The molecule has 2 rings (SSSR count). The third-order valence-electron chi connectivity index (χ3n) is 4.52. The fraction of sp³-hybridized carbons (Fsp3) is 0.524. The van der Waals surface area contributed by atoms with E-state index >= 15 is 0 Å². The standard InChI is InChI=1S/C21H31FN4O3S2/c1-15(2)24-20(30)25(10-11-29-5)13-19-12-23-21(26(19)16(3)4)31(27,28)14-17-6-8-18(22)9-7-17/h6-9,12,15-16H,10-11,13-14H2,1-5H3,(H,24,30). The minimum absolute atomic E-state index is 0.00347. The Hall–Kier alpha value is -2.04. The zero-order chi connectivity index (χ0) is 23.2. The van der Waals surface area contributed by atoms with Gasteiger partial charge in [0.25, 0.3) is 0 Å². The number of hydrogen-bond acceptors (Lipinski definition) is 5. The molecule has 1 aromatic carbocycles. The lowest BCUT2D eigenvalue weighted by molar-refractivity contribution is 0.172. The highest BCUT2D eigenvalue weighted by atomic mass is 32.2. The van der Waals surface area contributed by atoms with Crippen molar-refractivity contribution in [1.82, 2.24) is 19.8 Å². The Bertz CT molecular complexity index is 973. The molecule has 172 valence electrons. The minimum atomic E-state index is -3.74. The van der Waals surface area contributed by atoms with E-state index in [-0.39, 0.29) is 23.0 Å². The molecule has 0 amide bonds. The van der Waals surface area contributed by atoms with Crippen LogP contribution in [0.25, 0.3) is 0 Å². The van der Waals surface area contributed by atoms with Crippen molar-refractivity contribution in [2.75, 3.05) is 20.3 Å². The smallest absolute Gasteiger partial charge is 0.228 e. The molecule has 0 aliphatic carbocycles. The number of nitrogens with one attached hydrogen (secondary N) is 1. The van der Waals surface area contributed by atoms with Crippen LogP contribution < -0.4 is 5.32 Å². The van der Waals surface area contributed by atoms with Crippen LogP contribution >= 0.6 is 12.2 Å². The largest absolute Gasteiger partial charge is 0.383 e. The number of hydrogen-bond donors (Lipinski definition) is 1. The monoisotopic (exact) mass is 470 g/mol. The lowest BCUT2D eigenvalue weighted by atomic mass is 10.2. The molecule has 0 spiro atoms. The second-order valence-electron chi connectivity index (χ2n) is 7.90. The van der Waals surface area contributed by atoms with Crippen molar-refractivity contribution in [3.63, 3.8) is 0 Å². The quantitative estimate of drug-likeness (QED) is 0.534. The van der Waals surface area contributed by atoms with Gasteiger partial charge in [-0.05, 0) is 57.6 Å². The number of halogens is 1. The van der Waals surface area contributed by atoms with Crippen LogP contribution in [0.15, 0.2) is 35.6 Å². The van der Waals surface area contributed by atoms with Crippen LogP contribution in [0.1, 0.15) is 45.0 Å². The van der Waals surface area contributed by atoms with E-state index < -0.39 is 15.7 Å². The zero-order valence-corrected chi connectivity index (χ0v) is 20.3. The number of benzene rings is 1. The topological polar surface area (TPSA) is 76.5 Å². The van der Waals surface area contributed by atoms with E-state index in [4.69, 9.17) is 17.0 Å². The number of nitrogens with zero attached hydrogens (tertiary/aromatic N) is 3. The summed E-state index contributed by atoms with van der Waals surface area (Å²) in [5.74, 6) is -0.661. The van der Waals surface area contributed by atoms with Gasteiger partial charge in [-0.3, -0.25) is 0 Å². The highest BCUT2D eigenvalue weighted by Crippen LogP contribution is 2.23. The molecule has 0 saturated carbocycles. The molecule has 0 aliphatic heterocycles. The lowest BCUT2D eigenvalue weighted by Crippen LogP contribution is -2.44. The summed E-state index contributed by atoms with van der Waals surface area (Å²) in [4.78, 5) is 6.19. The molecular weight excluding hydrogens is 439 g/mol. The van der Waals surface area contributed by atoms with E-state index in [0.29, 0.717) is 30.4 Å². The average molecular weight is 471 g/mol. The van der Waals surface area contributed by atoms with Crippen molar-refractivity contribution in [2.45, 2.75) is 57.2 Å². The van der Waals surface area contributed by atoms with Crippen molar-refractivity contribution >= 4 is 27.2 Å². The zero-order valence-electron chi connectivity index (χ0n) is 18.6. The van der Waals surface area contributed by atoms with Crippen LogP contribution in [-0.2, 0) is 26.9 Å². The van der Waals surface area contributed by atoms with Crippen molar-refractivity contribution in [2.24, 2.45) is 0 Å². The Morgan fingerprint density at radius 3 is 2.45 bits per heavy atom. The summed E-state index contributed by atoms with van der Waals surface area (Å²) in [5.41, 5.74) is 1.24. The first-order valence-corrected chi connectivity index (χ1v) is 12.2. The molecule has 0 bridgehead atoms. The third kappa shape index (κ3) is 6.98. The Morgan fingerprint density at radius 1 is 1.26 bits per heavy atom. The molecule has 0 aliphatic rings. The molecule has 1 aromatic heterocycles. The fourth-order valence-electron chi connectivity index (χ4n) is 3.13. The van der Waals surface area contributed by atoms with Gasteiger partial charge in [-0.2, -0.15) is 0 Å². The van der Waals surface area contributed by atoms with Crippen molar-refractivity contribution in [3.05, 3.63) is 47.5 Å². The first-order chi connectivity index (χ1) is 14.5. The van der Waals surface area contributed by atoms with Gasteiger partial charge in [0.15, 0.2) is 5.11 Å². The van der Waals surface area contributed by atoms with E-state index in [1.54, 1.807) is 17.9 Å². The normalized spacial score (nSPS) is 11.9. The summed E-state index contributed by atoms with van der Waals surface area (Å²) in [6, 6.07) is 5.48. The van der Waals surface area contributed by atoms with Gasteiger partial charge in [0.2, 0.25) is 15.0 Å². The molecule has 0 unspecified atom stereocenters. The minimum Gasteiger partial charge on any atom is -0.383 e. The number of ether oxygens (including phenoxy) is 1. The van der Waals surface area contributed by atoms with Crippen LogP contribution in [-0.4, -0.2) is 54.3 Å². The maximum absolute atomic E-state index is 13.2. The highest BCUT2D eigenvalue weighted by molar-refractivity contribution is 7.90. The molecule has 0 fully saturated rings. The number of aromatic nitrogens is 2. The molecular formula is C21H31FN4O3S2. The average Bonchev–Trinajstić information content (AvgIpc) is 3.11. The molecule has 2 aromatic rings. The van der Waals surface area contributed by atoms with Gasteiger partial charge in [0, 0.05) is 25.7 Å². The first kappa shape index (κ1) is 25.2. The third-order valence-corrected chi connectivity index (χ3v) is 6.47. The Kier molecular flexibility index (Phi) is 8.96. The van der Waals surface area contributed by atoms with Gasteiger partial charge in [0.05, 0.1) is 30.8 Å². The van der Waals surface area contributed by atoms with E-state index in [0.717, 1.165) is 5.69 Å². The van der Waals surface area contributed by atoms with Crippen LogP contribution in [0, 0.1) is 5.82 Å². The molecule has 1 N–H and O–H groups in total. The first-order valence-electron chi connectivity index (χ1n) is 10.1. The lowest BCUT2D eigenvalue weighted by Gasteiger charge is -2.28. The van der Waals surface area contributed by atoms with E-state index in [1.807, 2.05) is 32.6 Å². The van der Waals surface area contributed by atoms with E-state index in [2.05, 4.69) is 10.3 Å². The summed E-state index contributed by atoms with van der Waals surface area (Å²) < 4.78 is 46.3. The summed E-state index contributed by atoms with van der Waals surface area (Å²) in [5, 5.41) is 3.78. The van der Waals surface area contributed by atoms with Gasteiger partial charge in [-0.1, -0.05) is 12.1 Å². The number of thiocarbonyl (C=S) groups is 1. The second kappa shape index (κ2) is 11.0. The number of rotatable bonds is 10. The van der Waals surface area contributed by atoms with Gasteiger partial charge < -0.3 is 19.5 Å². The molecule has 31 heavy (non-hydrogen) atoms. The Labute approximate surface area is 189 Å². The number of methoxy groups -OCH3 is 1. The van der Waals surface area contributed by atoms with Gasteiger partial charge in [-0.25, -0.2) is 17.8 Å². The van der Waals surface area contributed by atoms with Gasteiger partial charge in [0.1, 0.15) is 5.82 Å². The predicted molar refractivity (Wildman–Crippen MR) is 123 cm³/mol. The molecule has 10 heteroatoms. The molecule has 7 nitrogen and oxygen atoms in total. The summed E-state index contributed by atoms with van der Waals surface area (Å²) >= 11 is 5.53. The van der Waals surface area contributed by atoms with E-state index in [9.17, 15) is 12.8 Å². The van der Waals surface area contributed by atoms with Crippen LogP contribution in [0.2, 0.25) is 0 Å². The highest BCUT2D eigenvalue weighted by Gasteiger charge is 2.26. The van der Waals surface area contributed by atoms with Crippen molar-refractivity contribution in [3.8, 4) is 0 Å². The van der Waals surface area contributed by atoms with Crippen molar-refractivity contribution in [1.29, 1.82) is 0 Å².